The van der Waals surface area contributed by atoms with Crippen molar-refractivity contribution in [2.45, 2.75) is 26.8 Å². The predicted octanol–water partition coefficient (Wildman–Crippen LogP) is 4.23. The number of hydrogen-bond donors (Lipinski definition) is 1. The zero-order valence-corrected chi connectivity index (χ0v) is 12.6. The van der Waals surface area contributed by atoms with Gasteiger partial charge in [0.1, 0.15) is 5.75 Å². The minimum absolute atomic E-state index is 0.885. The van der Waals surface area contributed by atoms with Gasteiger partial charge in [0, 0.05) is 11.4 Å². The molecule has 0 unspecified atom stereocenters. The minimum Gasteiger partial charge on any atom is -0.497 e. The SMILES string of the molecule is CCCNCc1cc(OC)ccc1-c1ccsc1C. The Bertz CT molecular complexity index is 533. The van der Waals surface area contributed by atoms with Crippen molar-refractivity contribution in [2.24, 2.45) is 0 Å². The van der Waals surface area contributed by atoms with Crippen LogP contribution in [0.15, 0.2) is 29.6 Å². The summed E-state index contributed by atoms with van der Waals surface area (Å²) in [7, 11) is 1.72. The second-order valence-electron chi connectivity index (χ2n) is 4.59. The van der Waals surface area contributed by atoms with Crippen molar-refractivity contribution in [2.75, 3.05) is 13.7 Å². The molecule has 0 aliphatic rings. The number of rotatable bonds is 6. The number of benzene rings is 1. The lowest BCUT2D eigenvalue weighted by Crippen LogP contribution is -2.14. The molecule has 0 radical (unpaired) electrons. The highest BCUT2D eigenvalue weighted by molar-refractivity contribution is 7.10. The molecule has 1 heterocycles. The van der Waals surface area contributed by atoms with E-state index in [1.807, 2.05) is 6.07 Å². The van der Waals surface area contributed by atoms with Gasteiger partial charge in [0.25, 0.3) is 0 Å². The van der Waals surface area contributed by atoms with Crippen molar-refractivity contribution in [3.63, 3.8) is 0 Å². The van der Waals surface area contributed by atoms with Crippen LogP contribution in [0.4, 0.5) is 0 Å². The van der Waals surface area contributed by atoms with Gasteiger partial charge in [-0.05, 0) is 60.2 Å². The number of nitrogens with one attached hydrogen (secondary N) is 1. The monoisotopic (exact) mass is 275 g/mol. The van der Waals surface area contributed by atoms with Crippen molar-refractivity contribution in [3.05, 3.63) is 40.1 Å². The zero-order valence-electron chi connectivity index (χ0n) is 11.8. The van der Waals surface area contributed by atoms with Crippen LogP contribution in [0.5, 0.6) is 5.75 Å². The molecule has 0 amide bonds. The van der Waals surface area contributed by atoms with Crippen LogP contribution in [0.3, 0.4) is 0 Å². The van der Waals surface area contributed by atoms with Crippen LogP contribution >= 0.6 is 11.3 Å². The number of aryl methyl sites for hydroxylation is 1. The molecule has 0 aliphatic heterocycles. The molecule has 102 valence electrons. The maximum Gasteiger partial charge on any atom is 0.119 e. The molecule has 1 aromatic carbocycles. The molecule has 0 saturated heterocycles. The number of hydrogen-bond acceptors (Lipinski definition) is 3. The Hall–Kier alpha value is -1.32. The van der Waals surface area contributed by atoms with Crippen LogP contribution in [-0.4, -0.2) is 13.7 Å². The van der Waals surface area contributed by atoms with Gasteiger partial charge in [-0.2, -0.15) is 0 Å². The molecule has 1 aromatic heterocycles. The van der Waals surface area contributed by atoms with E-state index in [2.05, 4.69) is 42.7 Å². The van der Waals surface area contributed by atoms with Crippen LogP contribution in [0.25, 0.3) is 11.1 Å². The van der Waals surface area contributed by atoms with Crippen LogP contribution in [0.1, 0.15) is 23.8 Å². The maximum atomic E-state index is 5.34. The standard InChI is InChI=1S/C16H21NOS/c1-4-8-17-11-13-10-14(18-3)5-6-16(13)15-7-9-19-12(15)2/h5-7,9-10,17H,4,8,11H2,1-3H3. The zero-order chi connectivity index (χ0) is 13.7. The Kier molecular flexibility index (Phi) is 5.00. The van der Waals surface area contributed by atoms with Gasteiger partial charge in [-0.3, -0.25) is 0 Å². The van der Waals surface area contributed by atoms with Gasteiger partial charge in [-0.15, -0.1) is 11.3 Å². The lowest BCUT2D eigenvalue weighted by Gasteiger charge is -2.12. The van der Waals surface area contributed by atoms with E-state index in [0.717, 1.165) is 25.3 Å². The van der Waals surface area contributed by atoms with E-state index in [1.54, 1.807) is 18.4 Å². The molecule has 0 spiro atoms. The molecule has 1 N–H and O–H groups in total. The van der Waals surface area contributed by atoms with E-state index in [-0.39, 0.29) is 0 Å². The van der Waals surface area contributed by atoms with Crippen LogP contribution in [-0.2, 0) is 6.54 Å². The number of methoxy groups -OCH3 is 1. The second-order valence-corrected chi connectivity index (χ2v) is 5.71. The fourth-order valence-electron chi connectivity index (χ4n) is 2.17. The largest absolute Gasteiger partial charge is 0.497 e. The summed E-state index contributed by atoms with van der Waals surface area (Å²) in [6.45, 7) is 6.28. The first-order chi connectivity index (χ1) is 9.26. The quantitative estimate of drug-likeness (QED) is 0.797. The van der Waals surface area contributed by atoms with Crippen molar-refractivity contribution >= 4 is 11.3 Å². The van der Waals surface area contributed by atoms with Gasteiger partial charge in [-0.25, -0.2) is 0 Å². The van der Waals surface area contributed by atoms with Gasteiger partial charge in [0.05, 0.1) is 7.11 Å². The predicted molar refractivity (Wildman–Crippen MR) is 83.0 cm³/mol. The van der Waals surface area contributed by atoms with Crippen molar-refractivity contribution in [3.8, 4) is 16.9 Å². The first kappa shape index (κ1) is 14.1. The topological polar surface area (TPSA) is 21.3 Å². The molecule has 0 bridgehead atoms. The van der Waals surface area contributed by atoms with E-state index in [1.165, 1.54) is 21.6 Å². The van der Waals surface area contributed by atoms with E-state index >= 15 is 0 Å². The normalized spacial score (nSPS) is 10.7. The molecule has 2 nitrogen and oxygen atoms in total. The third kappa shape index (κ3) is 3.37. The first-order valence-electron chi connectivity index (χ1n) is 6.68. The molecule has 19 heavy (non-hydrogen) atoms. The lowest BCUT2D eigenvalue weighted by atomic mass is 10.00. The van der Waals surface area contributed by atoms with Gasteiger partial charge in [0.15, 0.2) is 0 Å². The summed E-state index contributed by atoms with van der Waals surface area (Å²) in [4.78, 5) is 1.36. The fourth-order valence-corrected chi connectivity index (χ4v) is 2.88. The molecule has 0 atom stereocenters. The van der Waals surface area contributed by atoms with E-state index in [0.29, 0.717) is 0 Å². The second kappa shape index (κ2) is 6.73. The number of thiophene rings is 1. The first-order valence-corrected chi connectivity index (χ1v) is 7.56. The summed E-state index contributed by atoms with van der Waals surface area (Å²) in [6, 6.07) is 8.53. The molecular weight excluding hydrogens is 254 g/mol. The molecule has 0 fully saturated rings. The third-order valence-corrected chi connectivity index (χ3v) is 4.05. The minimum atomic E-state index is 0.885. The molecule has 3 heteroatoms. The van der Waals surface area contributed by atoms with Gasteiger partial charge in [-0.1, -0.05) is 13.0 Å². The highest BCUT2D eigenvalue weighted by Crippen LogP contribution is 2.32. The molecule has 2 rings (SSSR count). The van der Waals surface area contributed by atoms with Crippen molar-refractivity contribution in [1.82, 2.24) is 5.32 Å². The smallest absolute Gasteiger partial charge is 0.119 e. The Labute approximate surface area is 119 Å². The molecule has 0 saturated carbocycles. The Morgan fingerprint density at radius 2 is 2.05 bits per heavy atom. The van der Waals surface area contributed by atoms with E-state index in [4.69, 9.17) is 4.74 Å². The van der Waals surface area contributed by atoms with Gasteiger partial charge < -0.3 is 10.1 Å². The van der Waals surface area contributed by atoms with Crippen molar-refractivity contribution < 1.29 is 4.74 Å². The van der Waals surface area contributed by atoms with Crippen LogP contribution in [0.2, 0.25) is 0 Å². The summed E-state index contributed by atoms with van der Waals surface area (Å²) in [5.41, 5.74) is 3.94. The number of ether oxygens (including phenoxy) is 1. The van der Waals surface area contributed by atoms with Gasteiger partial charge >= 0.3 is 0 Å². The summed E-state index contributed by atoms with van der Waals surface area (Å²) >= 11 is 1.79. The van der Waals surface area contributed by atoms with Crippen LogP contribution < -0.4 is 10.1 Å². The van der Waals surface area contributed by atoms with E-state index < -0.39 is 0 Å². The summed E-state index contributed by atoms with van der Waals surface area (Å²) in [5, 5.41) is 5.62. The average molecular weight is 275 g/mol. The van der Waals surface area contributed by atoms with Crippen molar-refractivity contribution in [1.29, 1.82) is 0 Å². The van der Waals surface area contributed by atoms with E-state index in [9.17, 15) is 0 Å². The lowest BCUT2D eigenvalue weighted by molar-refractivity contribution is 0.414. The summed E-state index contributed by atoms with van der Waals surface area (Å²) in [6.07, 6.45) is 1.15. The maximum absolute atomic E-state index is 5.34. The Balaban J connectivity index is 2.33. The fraction of sp³-hybridized carbons (Fsp3) is 0.375. The third-order valence-electron chi connectivity index (χ3n) is 3.20. The highest BCUT2D eigenvalue weighted by atomic mass is 32.1. The highest BCUT2D eigenvalue weighted by Gasteiger charge is 2.09. The summed E-state index contributed by atoms with van der Waals surface area (Å²) in [5.74, 6) is 0.921. The molecule has 0 aliphatic carbocycles. The Morgan fingerprint density at radius 3 is 2.68 bits per heavy atom. The Morgan fingerprint density at radius 1 is 1.21 bits per heavy atom. The average Bonchev–Trinajstić information content (AvgIpc) is 2.85. The molecular formula is C16H21NOS. The molecule has 2 aromatic rings. The van der Waals surface area contributed by atoms with Crippen LogP contribution in [0, 0.1) is 6.92 Å². The summed E-state index contributed by atoms with van der Waals surface area (Å²) < 4.78 is 5.34. The van der Waals surface area contributed by atoms with Gasteiger partial charge in [0.2, 0.25) is 0 Å².